The van der Waals surface area contributed by atoms with Crippen molar-refractivity contribution in [2.45, 2.75) is 39.7 Å². The number of likely N-dealkylation sites (tertiary alicyclic amines) is 1. The van der Waals surface area contributed by atoms with Gasteiger partial charge in [-0.1, -0.05) is 13.8 Å². The van der Waals surface area contributed by atoms with Crippen LogP contribution in [0.1, 0.15) is 33.6 Å². The molecular formula is C16H31N5O3. The number of hydrogen-bond donors (Lipinski definition) is 3. The first-order chi connectivity index (χ1) is 11.5. The minimum Gasteiger partial charge on any atom is -0.453 e. The molecule has 138 valence electrons. The first kappa shape index (κ1) is 20.1. The summed E-state index contributed by atoms with van der Waals surface area (Å²) >= 11 is 0. The molecule has 0 bridgehead atoms. The minimum absolute atomic E-state index is 0.0136. The third-order valence-corrected chi connectivity index (χ3v) is 3.82. The smallest absolute Gasteiger partial charge is 0.409 e. The normalized spacial score (nSPS) is 16.0. The number of methoxy groups -OCH3 is 1. The highest BCUT2D eigenvalue weighted by atomic mass is 16.5. The Balaban J connectivity index is 2.39. The number of guanidine groups is 1. The number of nitrogens with one attached hydrogen (secondary N) is 3. The van der Waals surface area contributed by atoms with E-state index < -0.39 is 0 Å². The zero-order valence-electron chi connectivity index (χ0n) is 15.2. The summed E-state index contributed by atoms with van der Waals surface area (Å²) in [6.45, 7) is 8.91. The van der Waals surface area contributed by atoms with Crippen LogP contribution in [0.2, 0.25) is 0 Å². The second-order valence-corrected chi connectivity index (χ2v) is 6.08. The van der Waals surface area contributed by atoms with Crippen LogP contribution in [-0.2, 0) is 9.53 Å². The molecule has 1 heterocycles. The Morgan fingerprint density at radius 1 is 1.25 bits per heavy atom. The highest BCUT2D eigenvalue weighted by molar-refractivity contribution is 5.80. The molecule has 1 saturated heterocycles. The first-order valence-corrected chi connectivity index (χ1v) is 8.63. The van der Waals surface area contributed by atoms with E-state index in [4.69, 9.17) is 4.74 Å². The summed E-state index contributed by atoms with van der Waals surface area (Å²) < 4.78 is 4.74. The number of amides is 2. The molecule has 0 aromatic rings. The number of hydrogen-bond acceptors (Lipinski definition) is 4. The van der Waals surface area contributed by atoms with Crippen molar-refractivity contribution in [2.24, 2.45) is 10.9 Å². The van der Waals surface area contributed by atoms with E-state index in [1.165, 1.54) is 7.11 Å². The number of rotatable bonds is 6. The van der Waals surface area contributed by atoms with E-state index in [9.17, 15) is 9.59 Å². The van der Waals surface area contributed by atoms with Crippen LogP contribution in [0, 0.1) is 5.92 Å². The van der Waals surface area contributed by atoms with Gasteiger partial charge in [-0.2, -0.15) is 0 Å². The topological polar surface area (TPSA) is 95.1 Å². The van der Waals surface area contributed by atoms with E-state index in [1.54, 1.807) is 4.90 Å². The Hall–Kier alpha value is -1.99. The summed E-state index contributed by atoms with van der Waals surface area (Å²) in [6, 6.07) is 0.272. The third-order valence-electron chi connectivity index (χ3n) is 3.82. The largest absolute Gasteiger partial charge is 0.453 e. The summed E-state index contributed by atoms with van der Waals surface area (Å²) in [4.78, 5) is 29.2. The van der Waals surface area contributed by atoms with Crippen molar-refractivity contribution in [3.05, 3.63) is 0 Å². The fourth-order valence-electron chi connectivity index (χ4n) is 2.40. The first-order valence-electron chi connectivity index (χ1n) is 8.63. The van der Waals surface area contributed by atoms with Gasteiger partial charge in [0.2, 0.25) is 5.91 Å². The SMILES string of the molecule is CCNC(=NCCNC(=O)C(C)C)NC1CCN(C(=O)OC)CC1. The van der Waals surface area contributed by atoms with Crippen LogP contribution in [0.5, 0.6) is 0 Å². The van der Waals surface area contributed by atoms with Gasteiger partial charge in [0.05, 0.1) is 13.7 Å². The van der Waals surface area contributed by atoms with Crippen LogP contribution < -0.4 is 16.0 Å². The van der Waals surface area contributed by atoms with Gasteiger partial charge in [-0.15, -0.1) is 0 Å². The monoisotopic (exact) mass is 341 g/mol. The lowest BCUT2D eigenvalue weighted by Crippen LogP contribution is -2.50. The maximum absolute atomic E-state index is 11.5. The second-order valence-electron chi connectivity index (χ2n) is 6.08. The Kier molecular flexibility index (Phi) is 8.96. The summed E-state index contributed by atoms with van der Waals surface area (Å²) in [5.41, 5.74) is 0. The van der Waals surface area contributed by atoms with Crippen LogP contribution in [0.25, 0.3) is 0 Å². The van der Waals surface area contributed by atoms with Gasteiger partial charge in [0.1, 0.15) is 0 Å². The van der Waals surface area contributed by atoms with Crippen LogP contribution >= 0.6 is 0 Å². The van der Waals surface area contributed by atoms with Gasteiger partial charge in [-0.05, 0) is 19.8 Å². The molecule has 1 fully saturated rings. The zero-order valence-corrected chi connectivity index (χ0v) is 15.2. The number of carbonyl (C=O) groups excluding carboxylic acids is 2. The van der Waals surface area contributed by atoms with Gasteiger partial charge in [-0.25, -0.2) is 4.79 Å². The van der Waals surface area contributed by atoms with Crippen LogP contribution in [0.15, 0.2) is 4.99 Å². The number of piperidine rings is 1. The molecule has 1 aliphatic heterocycles. The number of carbonyl (C=O) groups is 2. The molecule has 0 aliphatic carbocycles. The van der Waals surface area contributed by atoms with Crippen LogP contribution in [0.3, 0.4) is 0 Å². The average molecular weight is 341 g/mol. The van der Waals surface area contributed by atoms with Gasteiger partial charge in [0, 0.05) is 38.1 Å². The highest BCUT2D eigenvalue weighted by Crippen LogP contribution is 2.11. The van der Waals surface area contributed by atoms with Crippen molar-refractivity contribution in [2.75, 3.05) is 39.8 Å². The molecule has 0 saturated carbocycles. The Morgan fingerprint density at radius 2 is 1.92 bits per heavy atom. The van der Waals surface area contributed by atoms with Crippen LogP contribution in [0.4, 0.5) is 4.79 Å². The molecule has 1 aliphatic rings. The average Bonchev–Trinajstić information content (AvgIpc) is 2.58. The van der Waals surface area contributed by atoms with Gasteiger partial charge in [0.25, 0.3) is 0 Å². The fraction of sp³-hybridized carbons (Fsp3) is 0.812. The molecule has 2 amide bonds. The number of ether oxygens (including phenoxy) is 1. The number of nitrogens with zero attached hydrogens (tertiary/aromatic N) is 2. The molecule has 0 unspecified atom stereocenters. The molecule has 8 heteroatoms. The maximum Gasteiger partial charge on any atom is 0.409 e. The molecule has 0 spiro atoms. The lowest BCUT2D eigenvalue weighted by molar-refractivity contribution is -0.123. The molecule has 1 rings (SSSR count). The van der Waals surface area contributed by atoms with Crippen LogP contribution in [-0.4, -0.2) is 68.7 Å². The molecule has 3 N–H and O–H groups in total. The van der Waals surface area contributed by atoms with Crippen molar-refractivity contribution in [3.8, 4) is 0 Å². The lowest BCUT2D eigenvalue weighted by atomic mass is 10.1. The molecule has 0 aromatic carbocycles. The predicted octanol–water partition coefficient (Wildman–Crippen LogP) is 0.545. The fourth-order valence-corrected chi connectivity index (χ4v) is 2.40. The van der Waals surface area contributed by atoms with Crippen molar-refractivity contribution < 1.29 is 14.3 Å². The van der Waals surface area contributed by atoms with Crippen molar-refractivity contribution >= 4 is 18.0 Å². The molecule has 8 nitrogen and oxygen atoms in total. The molecule has 0 aromatic heterocycles. The quantitative estimate of drug-likeness (QED) is 0.372. The van der Waals surface area contributed by atoms with Gasteiger partial charge >= 0.3 is 6.09 Å². The summed E-state index contributed by atoms with van der Waals surface area (Å²) in [6.07, 6.45) is 1.43. The Bertz CT molecular complexity index is 431. The second kappa shape index (κ2) is 10.7. The predicted molar refractivity (Wildman–Crippen MR) is 94.0 cm³/mol. The maximum atomic E-state index is 11.5. The zero-order chi connectivity index (χ0) is 17.9. The highest BCUT2D eigenvalue weighted by Gasteiger charge is 2.23. The molecule has 0 radical (unpaired) electrons. The summed E-state index contributed by atoms with van der Waals surface area (Å²) in [5.74, 6) is 0.770. The van der Waals surface area contributed by atoms with Crippen molar-refractivity contribution in [1.29, 1.82) is 0 Å². The Labute approximate surface area is 144 Å². The van der Waals surface area contributed by atoms with Crippen molar-refractivity contribution in [1.82, 2.24) is 20.9 Å². The standard InChI is InChI=1S/C16H31N5O3/c1-5-17-15(19-9-8-18-14(22)12(2)3)20-13-6-10-21(11-7-13)16(23)24-4/h12-13H,5-11H2,1-4H3,(H,18,22)(H2,17,19,20). The van der Waals surface area contributed by atoms with Crippen molar-refractivity contribution in [3.63, 3.8) is 0 Å². The van der Waals surface area contributed by atoms with Gasteiger partial charge < -0.3 is 25.6 Å². The van der Waals surface area contributed by atoms with Gasteiger partial charge in [0.15, 0.2) is 5.96 Å². The van der Waals surface area contributed by atoms with E-state index in [1.807, 2.05) is 20.8 Å². The van der Waals surface area contributed by atoms with E-state index in [-0.39, 0.29) is 24.0 Å². The van der Waals surface area contributed by atoms with E-state index in [0.29, 0.717) is 26.2 Å². The third kappa shape index (κ3) is 7.06. The molecule has 24 heavy (non-hydrogen) atoms. The van der Waals surface area contributed by atoms with E-state index >= 15 is 0 Å². The molecule has 0 atom stereocenters. The summed E-state index contributed by atoms with van der Waals surface area (Å²) in [5, 5.41) is 9.45. The molecular weight excluding hydrogens is 310 g/mol. The Morgan fingerprint density at radius 3 is 2.46 bits per heavy atom. The minimum atomic E-state index is -0.269. The number of aliphatic imine (C=N–C) groups is 1. The van der Waals surface area contributed by atoms with E-state index in [0.717, 1.165) is 25.3 Å². The lowest BCUT2D eigenvalue weighted by Gasteiger charge is -2.32. The van der Waals surface area contributed by atoms with E-state index in [2.05, 4.69) is 20.9 Å². The van der Waals surface area contributed by atoms with Gasteiger partial charge in [-0.3, -0.25) is 9.79 Å². The summed E-state index contributed by atoms with van der Waals surface area (Å²) in [7, 11) is 1.40.